The van der Waals surface area contributed by atoms with E-state index in [0.29, 0.717) is 0 Å². The molecule has 0 fully saturated rings. The van der Waals surface area contributed by atoms with Crippen molar-refractivity contribution in [1.82, 2.24) is 5.32 Å². The summed E-state index contributed by atoms with van der Waals surface area (Å²) < 4.78 is 21.0. The Labute approximate surface area is 82.5 Å². The second kappa shape index (κ2) is 5.24. The van der Waals surface area contributed by atoms with Crippen molar-refractivity contribution < 1.29 is 23.2 Å². The first-order chi connectivity index (χ1) is 6.37. The van der Waals surface area contributed by atoms with Crippen LogP contribution in [0.15, 0.2) is 0 Å². The van der Waals surface area contributed by atoms with Crippen molar-refractivity contribution in [3.8, 4) is 0 Å². The Kier molecular flexibility index (Phi) is 4.97. The summed E-state index contributed by atoms with van der Waals surface area (Å²) >= 11 is 0. The van der Waals surface area contributed by atoms with Crippen LogP contribution in [0.25, 0.3) is 0 Å². The molecule has 0 spiro atoms. The zero-order chi connectivity index (χ0) is 11.4. The minimum Gasteiger partial charge on any atom is -0.336 e. The number of carbonyl (C=O) groups is 2. The molecule has 7 heteroatoms. The van der Waals surface area contributed by atoms with Crippen LogP contribution in [0.3, 0.4) is 0 Å². The van der Waals surface area contributed by atoms with Crippen LogP contribution >= 0.6 is 7.60 Å². The van der Waals surface area contributed by atoms with E-state index >= 15 is 0 Å². The number of nitrogens with one attached hydrogen (secondary N) is 1. The maximum absolute atomic E-state index is 11.7. The van der Waals surface area contributed by atoms with Gasteiger partial charge in [-0.15, -0.1) is 0 Å². The van der Waals surface area contributed by atoms with Crippen LogP contribution in [0.5, 0.6) is 0 Å². The summed E-state index contributed by atoms with van der Waals surface area (Å²) in [5.74, 6) is -2.19. The van der Waals surface area contributed by atoms with Crippen molar-refractivity contribution in [2.24, 2.45) is 0 Å². The number of hydrogen-bond donors (Lipinski definition) is 1. The van der Waals surface area contributed by atoms with Gasteiger partial charge in [-0.25, -0.2) is 0 Å². The SMILES string of the molecule is COP(=O)(OC)[C@H](NC(C)=O)C(C)=O. The van der Waals surface area contributed by atoms with Gasteiger partial charge in [0.15, 0.2) is 11.6 Å². The lowest BCUT2D eigenvalue weighted by Crippen LogP contribution is -2.38. The second-order valence-corrected chi connectivity index (χ2v) is 4.95. The second-order valence-electron chi connectivity index (χ2n) is 2.62. The lowest BCUT2D eigenvalue weighted by molar-refractivity contribution is -0.124. The summed E-state index contributed by atoms with van der Waals surface area (Å²) in [5, 5.41) is 2.22. The van der Waals surface area contributed by atoms with Crippen LogP contribution in [0.1, 0.15) is 13.8 Å². The van der Waals surface area contributed by atoms with Gasteiger partial charge in [-0.2, -0.15) is 0 Å². The first-order valence-corrected chi connectivity index (χ1v) is 5.47. The van der Waals surface area contributed by atoms with E-state index in [4.69, 9.17) is 0 Å². The van der Waals surface area contributed by atoms with E-state index in [1.54, 1.807) is 0 Å². The van der Waals surface area contributed by atoms with Crippen molar-refractivity contribution in [2.45, 2.75) is 19.6 Å². The zero-order valence-electron chi connectivity index (χ0n) is 8.57. The van der Waals surface area contributed by atoms with Crippen molar-refractivity contribution in [3.05, 3.63) is 0 Å². The third-order valence-electron chi connectivity index (χ3n) is 1.55. The molecule has 0 radical (unpaired) electrons. The molecule has 0 unspecified atom stereocenters. The quantitative estimate of drug-likeness (QED) is 0.687. The summed E-state index contributed by atoms with van der Waals surface area (Å²) in [4.78, 5) is 21.8. The van der Waals surface area contributed by atoms with Crippen LogP contribution in [0, 0.1) is 0 Å². The van der Waals surface area contributed by atoms with E-state index in [1.165, 1.54) is 13.8 Å². The maximum atomic E-state index is 11.7. The van der Waals surface area contributed by atoms with Gasteiger partial charge in [-0.05, 0) is 6.92 Å². The summed E-state index contributed by atoms with van der Waals surface area (Å²) in [6, 6.07) is 0. The first kappa shape index (κ1) is 13.3. The lowest BCUT2D eigenvalue weighted by Gasteiger charge is -2.22. The van der Waals surface area contributed by atoms with E-state index in [1.807, 2.05) is 0 Å². The largest absolute Gasteiger partial charge is 0.359 e. The first-order valence-electron chi connectivity index (χ1n) is 3.86. The molecule has 0 rings (SSSR count). The van der Waals surface area contributed by atoms with Gasteiger partial charge >= 0.3 is 7.60 Å². The normalized spacial score (nSPS) is 13.4. The van der Waals surface area contributed by atoms with Gasteiger partial charge in [-0.1, -0.05) is 0 Å². The molecule has 1 atom stereocenters. The monoisotopic (exact) mass is 223 g/mol. The molecule has 0 aromatic carbocycles. The van der Waals surface area contributed by atoms with Crippen molar-refractivity contribution >= 4 is 19.3 Å². The standard InChI is InChI=1S/C7H14NO5P/c1-5(9)7(8-6(2)10)14(11,12-3)13-4/h7H,1-4H3,(H,8,10)/t7-/m0/s1. The number of rotatable bonds is 5. The number of hydrogen-bond acceptors (Lipinski definition) is 5. The van der Waals surface area contributed by atoms with Gasteiger partial charge in [0.05, 0.1) is 0 Å². The highest BCUT2D eigenvalue weighted by molar-refractivity contribution is 7.55. The fraction of sp³-hybridized carbons (Fsp3) is 0.714. The minimum absolute atomic E-state index is 0.473. The molecule has 6 nitrogen and oxygen atoms in total. The number of Topliss-reactive ketones (excluding diaryl/α,β-unsaturated/α-hetero) is 1. The summed E-state index contributed by atoms with van der Waals surface area (Å²) in [5.41, 5.74) is 0. The van der Waals surface area contributed by atoms with Gasteiger partial charge in [0, 0.05) is 21.1 Å². The van der Waals surface area contributed by atoms with Crippen LogP contribution in [-0.4, -0.2) is 31.7 Å². The minimum atomic E-state index is -3.58. The predicted octanol–water partition coefficient (Wildman–Crippen LogP) is 0.523. The number of ketones is 1. The van der Waals surface area contributed by atoms with Crippen LogP contribution in [-0.2, 0) is 23.2 Å². The Morgan fingerprint density at radius 1 is 1.21 bits per heavy atom. The average Bonchev–Trinajstić information content (AvgIpc) is 2.12. The van der Waals surface area contributed by atoms with Gasteiger partial charge < -0.3 is 14.4 Å². The third kappa shape index (κ3) is 3.21. The molecular weight excluding hydrogens is 209 g/mol. The summed E-state index contributed by atoms with van der Waals surface area (Å²) in [6.07, 6.45) is 0. The average molecular weight is 223 g/mol. The molecule has 82 valence electrons. The Bertz CT molecular complexity index is 269. The van der Waals surface area contributed by atoms with E-state index in [-0.39, 0.29) is 0 Å². The highest BCUT2D eigenvalue weighted by atomic mass is 31.2. The number of amides is 1. The molecule has 0 aliphatic carbocycles. The summed E-state index contributed by atoms with van der Waals surface area (Å²) in [6.45, 7) is 2.41. The molecule has 1 amide bonds. The Hall–Kier alpha value is -0.710. The van der Waals surface area contributed by atoms with Gasteiger partial charge in [0.2, 0.25) is 5.91 Å². The third-order valence-corrected chi connectivity index (χ3v) is 3.69. The molecule has 0 aromatic heterocycles. The van der Waals surface area contributed by atoms with Gasteiger partial charge in [-0.3, -0.25) is 14.2 Å². The maximum Gasteiger partial charge on any atom is 0.359 e. The van der Waals surface area contributed by atoms with Gasteiger partial charge in [0.25, 0.3) is 0 Å². The molecule has 0 bridgehead atoms. The molecule has 1 N–H and O–H groups in total. The molecule has 14 heavy (non-hydrogen) atoms. The zero-order valence-corrected chi connectivity index (χ0v) is 9.46. The molecule has 0 aromatic rings. The van der Waals surface area contributed by atoms with Crippen molar-refractivity contribution in [2.75, 3.05) is 14.2 Å². The highest BCUT2D eigenvalue weighted by Crippen LogP contribution is 2.50. The van der Waals surface area contributed by atoms with Crippen LogP contribution in [0.4, 0.5) is 0 Å². The molecule has 0 aliphatic rings. The molecule has 0 heterocycles. The van der Waals surface area contributed by atoms with Gasteiger partial charge in [0.1, 0.15) is 0 Å². The van der Waals surface area contributed by atoms with Crippen LogP contribution in [0.2, 0.25) is 0 Å². The smallest absolute Gasteiger partial charge is 0.336 e. The van der Waals surface area contributed by atoms with E-state index in [0.717, 1.165) is 14.2 Å². The van der Waals surface area contributed by atoms with E-state index < -0.39 is 25.1 Å². The molecule has 0 saturated carbocycles. The Morgan fingerprint density at radius 3 is 1.86 bits per heavy atom. The van der Waals surface area contributed by atoms with Crippen molar-refractivity contribution in [1.29, 1.82) is 0 Å². The Balaban J connectivity index is 4.89. The molecular formula is C7H14NO5P. The fourth-order valence-electron chi connectivity index (χ4n) is 0.881. The number of carbonyl (C=O) groups excluding carboxylic acids is 2. The van der Waals surface area contributed by atoms with E-state index in [2.05, 4.69) is 14.4 Å². The summed E-state index contributed by atoms with van der Waals surface area (Å²) in [7, 11) is -1.27. The highest BCUT2D eigenvalue weighted by Gasteiger charge is 2.38. The lowest BCUT2D eigenvalue weighted by atomic mass is 10.4. The van der Waals surface area contributed by atoms with Crippen molar-refractivity contribution in [3.63, 3.8) is 0 Å². The Morgan fingerprint density at radius 2 is 1.64 bits per heavy atom. The van der Waals surface area contributed by atoms with Crippen LogP contribution < -0.4 is 5.32 Å². The van der Waals surface area contributed by atoms with E-state index in [9.17, 15) is 14.2 Å². The molecule has 0 aliphatic heterocycles. The topological polar surface area (TPSA) is 81.7 Å². The fourth-order valence-corrected chi connectivity index (χ4v) is 2.24. The predicted molar refractivity (Wildman–Crippen MR) is 49.9 cm³/mol. The molecule has 0 saturated heterocycles.